The number of benzene rings is 2. The van der Waals surface area contributed by atoms with Gasteiger partial charge in [0.05, 0.1) is 32.4 Å². The van der Waals surface area contributed by atoms with Gasteiger partial charge in [0.25, 0.3) is 0 Å². The molecule has 0 bridgehead atoms. The van der Waals surface area contributed by atoms with E-state index in [0.717, 1.165) is 36.2 Å². The van der Waals surface area contributed by atoms with Crippen LogP contribution in [0.25, 0.3) is 11.0 Å². The summed E-state index contributed by atoms with van der Waals surface area (Å²) in [5.74, 6) is 0.941. The maximum Gasteiger partial charge on any atom is 0.229 e. The number of rotatable bonds is 7. The number of hydrogen-bond donors (Lipinski definition) is 3. The third-order valence-corrected chi connectivity index (χ3v) is 10.8. The first kappa shape index (κ1) is 28.8. The van der Waals surface area contributed by atoms with Crippen LogP contribution < -0.4 is 26.6 Å². The van der Waals surface area contributed by atoms with Gasteiger partial charge in [0.15, 0.2) is 0 Å². The molecule has 2 aromatic heterocycles. The first-order valence-corrected chi connectivity index (χ1v) is 17.6. The summed E-state index contributed by atoms with van der Waals surface area (Å²) in [5, 5.41) is 7.26. The number of anilines is 6. The lowest BCUT2D eigenvalue weighted by Gasteiger charge is -2.54. The first-order chi connectivity index (χ1) is 20.0. The summed E-state index contributed by atoms with van der Waals surface area (Å²) in [6, 6.07) is 10.5. The minimum atomic E-state index is -2.71. The quantitative estimate of drug-likeness (QED) is 0.167. The predicted molar refractivity (Wildman–Crippen MR) is 176 cm³/mol. The molecule has 4 aromatic rings. The van der Waals surface area contributed by atoms with E-state index in [-0.39, 0.29) is 0 Å². The molecule has 0 amide bonds. The van der Waals surface area contributed by atoms with Crippen LogP contribution in [0.4, 0.5) is 34.5 Å². The third kappa shape index (κ3) is 5.70. The molecule has 1 spiro atoms. The number of aromatic nitrogens is 4. The largest absolute Gasteiger partial charge is 0.397 e. The van der Waals surface area contributed by atoms with Gasteiger partial charge in [-0.25, -0.2) is 4.98 Å². The fraction of sp³-hybridized carbons (Fsp3) is 0.400. The van der Waals surface area contributed by atoms with Crippen LogP contribution in [0.5, 0.6) is 0 Å². The normalized spacial score (nSPS) is 17.0. The maximum atomic E-state index is 13.3. The lowest BCUT2D eigenvalue weighted by Crippen LogP contribution is -2.53. The van der Waals surface area contributed by atoms with Gasteiger partial charge >= 0.3 is 0 Å². The van der Waals surface area contributed by atoms with Crippen LogP contribution in [0.2, 0.25) is 0 Å². The fourth-order valence-electron chi connectivity index (χ4n) is 6.30. The Hall–Kier alpha value is -3.27. The van der Waals surface area contributed by atoms with Crippen LogP contribution in [-0.4, -0.2) is 71.4 Å². The van der Waals surface area contributed by atoms with Gasteiger partial charge in [0, 0.05) is 43.4 Å². The molecule has 6 rings (SSSR count). The van der Waals surface area contributed by atoms with Gasteiger partial charge in [0.1, 0.15) is 18.5 Å². The summed E-state index contributed by atoms with van der Waals surface area (Å²) in [4.78, 5) is 22.8. The van der Waals surface area contributed by atoms with Crippen molar-refractivity contribution in [2.45, 2.75) is 31.7 Å². The standard InChI is InChI=1S/C30H37BrN9OP/c1-39(2)20-16-30(17-20)9-13-40(14-10-30)25-8-5-19(15-22(25)32)36-29-35-18-21(31)28(38-29)37-24-7-6-23-26(34-12-11-33-23)27(24)42(3,4)41/h5-8,11-12,15,18,20H,9-10,13-14,16-17,32H2,1-4H3,(H2,35,36,37,38). The van der Waals surface area contributed by atoms with E-state index in [1.807, 2.05) is 24.3 Å². The Morgan fingerprint density at radius 1 is 1.05 bits per heavy atom. The summed E-state index contributed by atoms with van der Waals surface area (Å²) in [6.45, 7) is 5.53. The zero-order valence-electron chi connectivity index (χ0n) is 24.4. The summed E-state index contributed by atoms with van der Waals surface area (Å²) in [6.07, 6.45) is 9.97. The van der Waals surface area contributed by atoms with E-state index in [0.29, 0.717) is 43.7 Å². The lowest BCUT2D eigenvalue weighted by atomic mass is 9.60. The number of piperidine rings is 1. The van der Waals surface area contributed by atoms with E-state index in [1.165, 1.54) is 25.7 Å². The molecule has 1 saturated carbocycles. The third-order valence-electron chi connectivity index (χ3n) is 8.67. The highest BCUT2D eigenvalue weighted by Crippen LogP contribution is 2.51. The first-order valence-electron chi connectivity index (χ1n) is 14.2. The van der Waals surface area contributed by atoms with Crippen LogP contribution in [0.1, 0.15) is 25.7 Å². The van der Waals surface area contributed by atoms with E-state index in [1.54, 1.807) is 31.9 Å². The molecule has 0 unspecified atom stereocenters. The number of fused-ring (bicyclic) bond motifs is 1. The van der Waals surface area contributed by atoms with Gasteiger partial charge in [-0.05, 0) is 105 Å². The SMILES string of the molecule is CN(C)C1CC2(CCN(c3ccc(Nc4ncc(Br)c(Nc5ccc6nccnc6c5P(C)(C)=O)n4)cc3N)CC2)C1. The monoisotopic (exact) mass is 649 g/mol. The Morgan fingerprint density at radius 3 is 2.48 bits per heavy atom. The molecule has 10 nitrogen and oxygen atoms in total. The van der Waals surface area contributed by atoms with E-state index in [2.05, 4.69) is 71.5 Å². The average molecular weight is 651 g/mol. The molecule has 1 aliphatic carbocycles. The van der Waals surface area contributed by atoms with Crippen LogP contribution >= 0.6 is 23.1 Å². The number of nitrogens with one attached hydrogen (secondary N) is 2. The molecular weight excluding hydrogens is 613 g/mol. The van der Waals surface area contributed by atoms with Gasteiger partial charge in [-0.2, -0.15) is 4.98 Å². The van der Waals surface area contributed by atoms with Crippen molar-refractivity contribution >= 4 is 73.9 Å². The van der Waals surface area contributed by atoms with Crippen LogP contribution in [0.15, 0.2) is 53.4 Å². The molecule has 1 saturated heterocycles. The topological polar surface area (TPSA) is 125 Å². The molecule has 12 heteroatoms. The molecule has 1 aliphatic heterocycles. The van der Waals surface area contributed by atoms with E-state index >= 15 is 0 Å². The van der Waals surface area contributed by atoms with Crippen molar-refractivity contribution < 1.29 is 4.57 Å². The Bertz CT molecular complexity index is 1680. The molecule has 2 aliphatic rings. The second-order valence-corrected chi connectivity index (χ2v) is 16.2. The molecule has 220 valence electrons. The molecule has 2 fully saturated rings. The van der Waals surface area contributed by atoms with E-state index in [9.17, 15) is 4.57 Å². The van der Waals surface area contributed by atoms with Gasteiger partial charge in [-0.15, -0.1) is 0 Å². The number of nitrogens with two attached hydrogens (primary N) is 1. The highest BCUT2D eigenvalue weighted by molar-refractivity contribution is 9.10. The maximum absolute atomic E-state index is 13.3. The zero-order valence-corrected chi connectivity index (χ0v) is 26.9. The lowest BCUT2D eigenvalue weighted by molar-refractivity contribution is 0.00492. The van der Waals surface area contributed by atoms with E-state index in [4.69, 9.17) is 10.7 Å². The Balaban J connectivity index is 1.17. The zero-order chi connectivity index (χ0) is 29.6. The van der Waals surface area contributed by atoms with Crippen molar-refractivity contribution in [3.8, 4) is 0 Å². The van der Waals surface area contributed by atoms with Crippen LogP contribution in [-0.2, 0) is 4.57 Å². The number of nitrogen functional groups attached to an aromatic ring is 1. The second kappa shape index (κ2) is 11.1. The average Bonchev–Trinajstić information content (AvgIpc) is 2.93. The number of hydrogen-bond acceptors (Lipinski definition) is 10. The van der Waals surface area contributed by atoms with Crippen molar-refractivity contribution in [3.05, 3.63) is 53.4 Å². The Kier molecular flexibility index (Phi) is 7.62. The minimum Gasteiger partial charge on any atom is -0.397 e. The van der Waals surface area contributed by atoms with Gasteiger partial charge in [-0.3, -0.25) is 9.97 Å². The molecule has 0 radical (unpaired) electrons. The number of nitrogens with zero attached hydrogens (tertiary/aromatic N) is 6. The Labute approximate surface area is 255 Å². The molecular formula is C30H37BrN9OP. The van der Waals surface area contributed by atoms with Crippen LogP contribution in [0, 0.1) is 5.41 Å². The summed E-state index contributed by atoms with van der Waals surface area (Å²) in [7, 11) is 1.66. The van der Waals surface area contributed by atoms with E-state index < -0.39 is 7.14 Å². The minimum absolute atomic E-state index is 0.409. The highest BCUT2D eigenvalue weighted by atomic mass is 79.9. The smallest absolute Gasteiger partial charge is 0.229 e. The Morgan fingerprint density at radius 2 is 1.79 bits per heavy atom. The molecule has 4 N–H and O–H groups in total. The summed E-state index contributed by atoms with van der Waals surface area (Å²) in [5.41, 5.74) is 11.7. The van der Waals surface area contributed by atoms with Crippen molar-refractivity contribution in [3.63, 3.8) is 0 Å². The van der Waals surface area contributed by atoms with Crippen LogP contribution in [0.3, 0.4) is 0 Å². The summed E-state index contributed by atoms with van der Waals surface area (Å²) < 4.78 is 14.0. The van der Waals surface area contributed by atoms with Gasteiger partial charge < -0.3 is 30.7 Å². The second-order valence-electron chi connectivity index (χ2n) is 12.2. The summed E-state index contributed by atoms with van der Waals surface area (Å²) >= 11 is 3.55. The van der Waals surface area contributed by atoms with Gasteiger partial charge in [-0.1, -0.05) is 0 Å². The van der Waals surface area contributed by atoms with Crippen molar-refractivity contribution in [1.82, 2.24) is 24.8 Å². The van der Waals surface area contributed by atoms with Crippen molar-refractivity contribution in [1.29, 1.82) is 0 Å². The van der Waals surface area contributed by atoms with Crippen molar-refractivity contribution in [2.75, 3.05) is 61.8 Å². The molecule has 42 heavy (non-hydrogen) atoms. The number of halogens is 1. The predicted octanol–water partition coefficient (Wildman–Crippen LogP) is 5.81. The van der Waals surface area contributed by atoms with Gasteiger partial charge in [0.2, 0.25) is 5.95 Å². The molecule has 3 heterocycles. The van der Waals surface area contributed by atoms with Crippen molar-refractivity contribution in [2.24, 2.45) is 5.41 Å². The molecule has 2 aromatic carbocycles. The fourth-order valence-corrected chi connectivity index (χ4v) is 7.98. The highest BCUT2D eigenvalue weighted by Gasteiger charge is 2.46. The molecule has 0 atom stereocenters.